The van der Waals surface area contributed by atoms with Crippen LogP contribution in [0, 0.1) is 6.92 Å². The van der Waals surface area contributed by atoms with Crippen molar-refractivity contribution in [3.63, 3.8) is 0 Å². The smallest absolute Gasteiger partial charge is 0.316 e. The number of ether oxygens (including phenoxy) is 1. The summed E-state index contributed by atoms with van der Waals surface area (Å²) in [4.78, 5) is 16.3. The second-order valence-corrected chi connectivity index (χ2v) is 5.25. The zero-order valence-corrected chi connectivity index (χ0v) is 13.6. The molecule has 0 unspecified atom stereocenters. The van der Waals surface area contributed by atoms with Crippen molar-refractivity contribution < 1.29 is 14.1 Å². The molecule has 0 saturated heterocycles. The van der Waals surface area contributed by atoms with Crippen molar-refractivity contribution >= 4 is 5.91 Å². The fourth-order valence-corrected chi connectivity index (χ4v) is 2.27. The van der Waals surface area contributed by atoms with E-state index in [-0.39, 0.29) is 5.89 Å². The summed E-state index contributed by atoms with van der Waals surface area (Å²) in [6.07, 6.45) is 1.85. The van der Waals surface area contributed by atoms with Crippen molar-refractivity contribution in [2.75, 3.05) is 7.11 Å². The van der Waals surface area contributed by atoms with Gasteiger partial charge in [0.05, 0.1) is 12.8 Å². The van der Waals surface area contributed by atoms with Gasteiger partial charge in [0.2, 0.25) is 5.82 Å². The Kier molecular flexibility index (Phi) is 4.28. The number of nitrogens with zero attached hydrogens (tertiary/aromatic N) is 4. The van der Waals surface area contributed by atoms with E-state index in [0.717, 1.165) is 11.3 Å². The maximum absolute atomic E-state index is 12.1. The lowest BCUT2D eigenvalue weighted by Gasteiger charge is -2.00. The van der Waals surface area contributed by atoms with Gasteiger partial charge >= 0.3 is 11.8 Å². The Bertz CT molecular complexity index is 868. The molecule has 0 atom stereocenters. The summed E-state index contributed by atoms with van der Waals surface area (Å²) in [6.45, 7) is 2.23. The molecule has 0 aliphatic carbocycles. The lowest BCUT2D eigenvalue weighted by atomic mass is 10.2. The van der Waals surface area contributed by atoms with Crippen LogP contribution in [-0.2, 0) is 13.6 Å². The average Bonchev–Trinajstić information content (AvgIpc) is 3.19. The molecular formula is C16H17N5O3. The minimum atomic E-state index is -0.431. The number of hydrogen-bond donors (Lipinski definition) is 1. The molecule has 0 spiro atoms. The minimum absolute atomic E-state index is 0.0886. The van der Waals surface area contributed by atoms with Gasteiger partial charge in [0.1, 0.15) is 5.75 Å². The van der Waals surface area contributed by atoms with E-state index < -0.39 is 5.91 Å². The first-order valence-corrected chi connectivity index (χ1v) is 7.32. The molecule has 1 amide bonds. The van der Waals surface area contributed by atoms with E-state index in [1.807, 2.05) is 38.4 Å². The van der Waals surface area contributed by atoms with Crippen LogP contribution in [0.2, 0.25) is 0 Å². The van der Waals surface area contributed by atoms with Gasteiger partial charge in [-0.05, 0) is 19.1 Å². The molecule has 1 N–H and O–H groups in total. The largest absolute Gasteiger partial charge is 0.497 e. The molecule has 124 valence electrons. The first kappa shape index (κ1) is 15.7. The van der Waals surface area contributed by atoms with E-state index in [2.05, 4.69) is 20.6 Å². The molecule has 8 nitrogen and oxygen atoms in total. The van der Waals surface area contributed by atoms with Gasteiger partial charge < -0.3 is 14.6 Å². The quantitative estimate of drug-likeness (QED) is 0.766. The van der Waals surface area contributed by atoms with Crippen LogP contribution in [-0.4, -0.2) is 32.9 Å². The van der Waals surface area contributed by atoms with Gasteiger partial charge in [0.25, 0.3) is 0 Å². The highest BCUT2D eigenvalue weighted by molar-refractivity contribution is 5.89. The second-order valence-electron chi connectivity index (χ2n) is 5.25. The highest BCUT2D eigenvalue weighted by Crippen LogP contribution is 2.21. The number of benzene rings is 1. The van der Waals surface area contributed by atoms with E-state index in [1.54, 1.807) is 17.9 Å². The predicted octanol–water partition coefficient (Wildman–Crippen LogP) is 1.72. The number of methoxy groups -OCH3 is 1. The van der Waals surface area contributed by atoms with E-state index in [9.17, 15) is 4.79 Å². The van der Waals surface area contributed by atoms with Gasteiger partial charge in [-0.15, -0.1) is 0 Å². The molecule has 8 heteroatoms. The zero-order chi connectivity index (χ0) is 17.1. The summed E-state index contributed by atoms with van der Waals surface area (Å²) in [5, 5.41) is 10.8. The van der Waals surface area contributed by atoms with Crippen molar-refractivity contribution in [2.24, 2.45) is 7.05 Å². The monoisotopic (exact) mass is 327 g/mol. The van der Waals surface area contributed by atoms with Crippen LogP contribution in [0.5, 0.6) is 5.75 Å². The Labute approximate surface area is 138 Å². The molecule has 0 bridgehead atoms. The van der Waals surface area contributed by atoms with Crippen molar-refractivity contribution in [2.45, 2.75) is 13.5 Å². The highest BCUT2D eigenvalue weighted by atomic mass is 16.5. The van der Waals surface area contributed by atoms with Crippen LogP contribution >= 0.6 is 0 Å². The van der Waals surface area contributed by atoms with Crippen LogP contribution in [0.25, 0.3) is 11.4 Å². The molecule has 0 aliphatic rings. The fraction of sp³-hybridized carbons (Fsp3) is 0.250. The van der Waals surface area contributed by atoms with E-state index >= 15 is 0 Å². The van der Waals surface area contributed by atoms with Gasteiger partial charge in [-0.25, -0.2) is 0 Å². The Hall–Kier alpha value is -3.16. The van der Waals surface area contributed by atoms with Crippen molar-refractivity contribution in [3.8, 4) is 17.1 Å². The van der Waals surface area contributed by atoms with Crippen molar-refractivity contribution in [1.29, 1.82) is 0 Å². The Balaban J connectivity index is 1.70. The van der Waals surface area contributed by atoms with Crippen molar-refractivity contribution in [3.05, 3.63) is 47.6 Å². The number of aryl methyl sites for hydroxylation is 2. The molecule has 0 aliphatic heterocycles. The maximum atomic E-state index is 12.1. The topological polar surface area (TPSA) is 95.1 Å². The Morgan fingerprint density at radius 3 is 2.96 bits per heavy atom. The summed E-state index contributed by atoms with van der Waals surface area (Å²) in [5.41, 5.74) is 2.50. The standard InChI is InChI=1S/C16H17N5O3/c1-10-12(9-21(2)19-10)8-17-15(22)16-18-14(20-24-16)11-5-4-6-13(7-11)23-3/h4-7,9H,8H2,1-3H3,(H,17,22). The number of rotatable bonds is 5. The van der Waals surface area contributed by atoms with Crippen molar-refractivity contribution in [1.82, 2.24) is 25.2 Å². The molecule has 0 fully saturated rings. The molecule has 1 aromatic carbocycles. The molecule has 3 aromatic rings. The molecule has 2 aromatic heterocycles. The number of carbonyl (C=O) groups excluding carboxylic acids is 1. The second kappa shape index (κ2) is 6.53. The van der Waals surface area contributed by atoms with Crippen LogP contribution < -0.4 is 10.1 Å². The lowest BCUT2D eigenvalue weighted by molar-refractivity contribution is 0.0907. The third-order valence-corrected chi connectivity index (χ3v) is 3.50. The molecule has 0 saturated carbocycles. The normalized spacial score (nSPS) is 10.6. The van der Waals surface area contributed by atoms with Gasteiger partial charge in [-0.3, -0.25) is 9.48 Å². The van der Waals surface area contributed by atoms with Gasteiger partial charge in [-0.2, -0.15) is 10.1 Å². The highest BCUT2D eigenvalue weighted by Gasteiger charge is 2.17. The summed E-state index contributed by atoms with van der Waals surface area (Å²) in [7, 11) is 3.41. The minimum Gasteiger partial charge on any atom is -0.497 e. The fourth-order valence-electron chi connectivity index (χ4n) is 2.27. The first-order chi connectivity index (χ1) is 11.6. The van der Waals surface area contributed by atoms with Crippen LogP contribution in [0.3, 0.4) is 0 Å². The maximum Gasteiger partial charge on any atom is 0.316 e. The SMILES string of the molecule is COc1cccc(-c2noc(C(=O)NCc3cn(C)nc3C)n2)c1. The predicted molar refractivity (Wildman–Crippen MR) is 85.4 cm³/mol. The van der Waals surface area contributed by atoms with Gasteiger partial charge in [-0.1, -0.05) is 17.3 Å². The first-order valence-electron chi connectivity index (χ1n) is 7.32. The van der Waals surface area contributed by atoms with Crippen LogP contribution in [0.4, 0.5) is 0 Å². The number of amides is 1. The summed E-state index contributed by atoms with van der Waals surface area (Å²) in [6, 6.07) is 7.21. The average molecular weight is 327 g/mol. The molecule has 24 heavy (non-hydrogen) atoms. The van der Waals surface area contributed by atoms with E-state index in [0.29, 0.717) is 23.7 Å². The summed E-state index contributed by atoms with van der Waals surface area (Å²) in [5.74, 6) is 0.487. The number of hydrogen-bond acceptors (Lipinski definition) is 6. The number of aromatic nitrogens is 4. The summed E-state index contributed by atoms with van der Waals surface area (Å²) >= 11 is 0. The van der Waals surface area contributed by atoms with Crippen LogP contribution in [0.1, 0.15) is 21.9 Å². The molecule has 3 rings (SSSR count). The summed E-state index contributed by atoms with van der Waals surface area (Å²) < 4.78 is 11.9. The third-order valence-electron chi connectivity index (χ3n) is 3.50. The van der Waals surface area contributed by atoms with Gasteiger partial charge in [0, 0.05) is 30.9 Å². The molecule has 2 heterocycles. The zero-order valence-electron chi connectivity index (χ0n) is 13.6. The number of nitrogens with one attached hydrogen (secondary N) is 1. The lowest BCUT2D eigenvalue weighted by Crippen LogP contribution is -2.23. The third kappa shape index (κ3) is 3.27. The van der Waals surface area contributed by atoms with E-state index in [4.69, 9.17) is 9.26 Å². The van der Waals surface area contributed by atoms with Gasteiger partial charge in [0.15, 0.2) is 0 Å². The Morgan fingerprint density at radius 1 is 1.42 bits per heavy atom. The molecule has 0 radical (unpaired) electrons. The Morgan fingerprint density at radius 2 is 2.25 bits per heavy atom. The number of carbonyl (C=O) groups is 1. The molecular weight excluding hydrogens is 310 g/mol. The van der Waals surface area contributed by atoms with Crippen LogP contribution in [0.15, 0.2) is 35.0 Å². The van der Waals surface area contributed by atoms with E-state index in [1.165, 1.54) is 0 Å².